The van der Waals surface area contributed by atoms with Crippen molar-refractivity contribution in [2.45, 2.75) is 13.1 Å². The van der Waals surface area contributed by atoms with Crippen molar-refractivity contribution in [3.63, 3.8) is 0 Å². The van der Waals surface area contributed by atoms with Gasteiger partial charge in [-0.05, 0) is 18.2 Å². The van der Waals surface area contributed by atoms with Gasteiger partial charge in [0.05, 0.1) is 14.2 Å². The quantitative estimate of drug-likeness (QED) is 0.881. The zero-order chi connectivity index (χ0) is 14.4. The van der Waals surface area contributed by atoms with E-state index in [0.717, 1.165) is 22.6 Å². The summed E-state index contributed by atoms with van der Waals surface area (Å²) >= 11 is 6.20. The fourth-order valence-electron chi connectivity index (χ4n) is 2.07. The van der Waals surface area contributed by atoms with Crippen LogP contribution in [-0.2, 0) is 13.1 Å². The summed E-state index contributed by atoms with van der Waals surface area (Å²) in [5, 5.41) is 4.07. The van der Waals surface area contributed by atoms with Gasteiger partial charge < -0.3 is 14.8 Å². The van der Waals surface area contributed by atoms with E-state index in [4.69, 9.17) is 21.1 Å². The van der Waals surface area contributed by atoms with Crippen molar-refractivity contribution in [2.24, 2.45) is 0 Å². The van der Waals surface area contributed by atoms with E-state index in [1.165, 1.54) is 0 Å². The molecule has 20 heavy (non-hydrogen) atoms. The number of ether oxygens (including phenoxy) is 2. The van der Waals surface area contributed by atoms with Gasteiger partial charge in [-0.2, -0.15) is 0 Å². The molecule has 106 valence electrons. The van der Waals surface area contributed by atoms with E-state index in [-0.39, 0.29) is 0 Å². The highest BCUT2D eigenvalue weighted by Crippen LogP contribution is 2.26. The van der Waals surface area contributed by atoms with Crippen molar-refractivity contribution in [1.29, 1.82) is 0 Å². The highest BCUT2D eigenvalue weighted by Gasteiger charge is 2.07. The molecule has 0 saturated carbocycles. The maximum Gasteiger partial charge on any atom is 0.124 e. The maximum atomic E-state index is 6.20. The van der Waals surface area contributed by atoms with Crippen molar-refractivity contribution in [3.8, 4) is 11.5 Å². The van der Waals surface area contributed by atoms with Crippen LogP contribution in [0, 0.1) is 0 Å². The molecule has 0 fully saturated rings. The van der Waals surface area contributed by atoms with Gasteiger partial charge in [-0.25, -0.2) is 0 Å². The average Bonchev–Trinajstić information content (AvgIpc) is 2.49. The second-order valence-corrected chi connectivity index (χ2v) is 4.74. The molecule has 2 aromatic carbocycles. The van der Waals surface area contributed by atoms with Crippen LogP contribution in [-0.4, -0.2) is 14.2 Å². The molecule has 0 saturated heterocycles. The van der Waals surface area contributed by atoms with Gasteiger partial charge >= 0.3 is 0 Å². The maximum absolute atomic E-state index is 6.20. The molecule has 4 heteroatoms. The van der Waals surface area contributed by atoms with Crippen LogP contribution < -0.4 is 14.8 Å². The molecule has 0 spiro atoms. The molecule has 0 aliphatic carbocycles. The minimum atomic E-state index is 0.640. The minimum absolute atomic E-state index is 0.640. The fourth-order valence-corrected chi connectivity index (χ4v) is 2.31. The van der Waals surface area contributed by atoms with Crippen LogP contribution in [0.1, 0.15) is 11.1 Å². The lowest BCUT2D eigenvalue weighted by Gasteiger charge is -2.12. The van der Waals surface area contributed by atoms with Crippen molar-refractivity contribution in [3.05, 3.63) is 58.6 Å². The van der Waals surface area contributed by atoms with Crippen LogP contribution in [0.15, 0.2) is 42.5 Å². The predicted octanol–water partition coefficient (Wildman–Crippen LogP) is 3.65. The van der Waals surface area contributed by atoms with E-state index in [0.29, 0.717) is 18.1 Å². The van der Waals surface area contributed by atoms with Gasteiger partial charge in [-0.3, -0.25) is 0 Å². The Morgan fingerprint density at radius 3 is 2.35 bits per heavy atom. The van der Waals surface area contributed by atoms with Crippen LogP contribution in [0.25, 0.3) is 0 Å². The Labute approximate surface area is 124 Å². The van der Waals surface area contributed by atoms with Crippen LogP contribution >= 0.6 is 11.6 Å². The third-order valence-corrected chi connectivity index (χ3v) is 3.46. The van der Waals surface area contributed by atoms with Gasteiger partial charge in [0, 0.05) is 29.2 Å². The minimum Gasteiger partial charge on any atom is -0.496 e. The van der Waals surface area contributed by atoms with Crippen LogP contribution in [0.2, 0.25) is 5.02 Å². The number of benzene rings is 2. The van der Waals surface area contributed by atoms with Gasteiger partial charge in [0.15, 0.2) is 0 Å². The average molecular weight is 292 g/mol. The first-order chi connectivity index (χ1) is 9.76. The molecule has 0 radical (unpaired) electrons. The zero-order valence-electron chi connectivity index (χ0n) is 11.7. The molecule has 2 rings (SSSR count). The van der Waals surface area contributed by atoms with Gasteiger partial charge in [0.25, 0.3) is 0 Å². The first-order valence-electron chi connectivity index (χ1n) is 6.40. The number of para-hydroxylation sites is 1. The summed E-state index contributed by atoms with van der Waals surface area (Å²) in [7, 11) is 3.32. The molecule has 0 aliphatic heterocycles. The zero-order valence-corrected chi connectivity index (χ0v) is 12.4. The standard InChI is InChI=1S/C16H18ClNO2/c1-19-15-8-4-3-6-12(15)10-18-11-13-14(17)7-5-9-16(13)20-2/h3-9,18H,10-11H2,1-2H3. The molecule has 1 N–H and O–H groups in total. The number of hydrogen-bond donors (Lipinski definition) is 1. The molecule has 0 aromatic heterocycles. The fraction of sp³-hybridized carbons (Fsp3) is 0.250. The van der Waals surface area contributed by atoms with E-state index in [9.17, 15) is 0 Å². The summed E-state index contributed by atoms with van der Waals surface area (Å²) < 4.78 is 10.7. The predicted molar refractivity (Wildman–Crippen MR) is 81.5 cm³/mol. The Morgan fingerprint density at radius 2 is 1.60 bits per heavy atom. The van der Waals surface area contributed by atoms with Crippen LogP contribution in [0.4, 0.5) is 0 Å². The number of rotatable bonds is 6. The Balaban J connectivity index is 2.03. The Hall–Kier alpha value is -1.71. The summed E-state index contributed by atoms with van der Waals surface area (Å²) in [5.41, 5.74) is 2.08. The Kier molecular flexibility index (Phi) is 5.27. The molecular formula is C16H18ClNO2. The van der Waals surface area contributed by atoms with Crippen molar-refractivity contribution >= 4 is 11.6 Å². The second-order valence-electron chi connectivity index (χ2n) is 4.34. The van der Waals surface area contributed by atoms with Gasteiger partial charge in [-0.15, -0.1) is 0 Å². The summed E-state index contributed by atoms with van der Waals surface area (Å²) in [5.74, 6) is 1.68. The first-order valence-corrected chi connectivity index (χ1v) is 6.78. The molecular weight excluding hydrogens is 274 g/mol. The molecule has 0 unspecified atom stereocenters. The third-order valence-electron chi connectivity index (χ3n) is 3.11. The smallest absolute Gasteiger partial charge is 0.124 e. The summed E-state index contributed by atoms with van der Waals surface area (Å²) in [6.45, 7) is 1.35. The molecule has 3 nitrogen and oxygen atoms in total. The van der Waals surface area contributed by atoms with E-state index in [1.807, 2.05) is 42.5 Å². The van der Waals surface area contributed by atoms with E-state index >= 15 is 0 Å². The Morgan fingerprint density at radius 1 is 0.900 bits per heavy atom. The van der Waals surface area contributed by atoms with Crippen LogP contribution in [0.5, 0.6) is 11.5 Å². The lowest BCUT2D eigenvalue weighted by atomic mass is 10.1. The number of methoxy groups -OCH3 is 2. The highest BCUT2D eigenvalue weighted by molar-refractivity contribution is 6.31. The summed E-state index contributed by atoms with van der Waals surface area (Å²) in [6, 6.07) is 13.6. The molecule has 0 atom stereocenters. The van der Waals surface area contributed by atoms with E-state index < -0.39 is 0 Å². The molecule has 0 aliphatic rings. The SMILES string of the molecule is COc1ccccc1CNCc1c(Cl)cccc1OC. The molecule has 2 aromatic rings. The van der Waals surface area contributed by atoms with Crippen molar-refractivity contribution in [1.82, 2.24) is 5.32 Å². The van der Waals surface area contributed by atoms with Crippen molar-refractivity contribution in [2.75, 3.05) is 14.2 Å². The summed E-state index contributed by atoms with van der Waals surface area (Å²) in [6.07, 6.45) is 0. The highest BCUT2D eigenvalue weighted by atomic mass is 35.5. The van der Waals surface area contributed by atoms with Crippen LogP contribution in [0.3, 0.4) is 0 Å². The largest absolute Gasteiger partial charge is 0.496 e. The van der Waals surface area contributed by atoms with E-state index in [2.05, 4.69) is 5.32 Å². The molecule has 0 bridgehead atoms. The number of hydrogen-bond acceptors (Lipinski definition) is 3. The third kappa shape index (κ3) is 3.44. The molecule has 0 heterocycles. The van der Waals surface area contributed by atoms with Gasteiger partial charge in [0.2, 0.25) is 0 Å². The van der Waals surface area contributed by atoms with Gasteiger partial charge in [0.1, 0.15) is 11.5 Å². The number of nitrogens with one attached hydrogen (secondary N) is 1. The molecule has 0 amide bonds. The van der Waals surface area contributed by atoms with Crippen molar-refractivity contribution < 1.29 is 9.47 Å². The topological polar surface area (TPSA) is 30.5 Å². The van der Waals surface area contributed by atoms with E-state index in [1.54, 1.807) is 14.2 Å². The monoisotopic (exact) mass is 291 g/mol. The normalized spacial score (nSPS) is 10.3. The van der Waals surface area contributed by atoms with Gasteiger partial charge in [-0.1, -0.05) is 35.9 Å². The second kappa shape index (κ2) is 7.17. The lowest BCUT2D eigenvalue weighted by molar-refractivity contribution is 0.404. The summed E-state index contributed by atoms with van der Waals surface area (Å²) in [4.78, 5) is 0. The Bertz CT molecular complexity index is 572. The lowest BCUT2D eigenvalue weighted by Crippen LogP contribution is -2.14. The number of halogens is 1. The first kappa shape index (κ1) is 14.7.